The molecule has 7 nitrogen and oxygen atoms in total. The van der Waals surface area contributed by atoms with Gasteiger partial charge in [-0.25, -0.2) is 18.4 Å². The molecule has 3 aromatic rings. The molecule has 0 radical (unpaired) electrons. The number of nitrogens with one attached hydrogen (secondary N) is 2. The van der Waals surface area contributed by atoms with Crippen molar-refractivity contribution in [3.05, 3.63) is 107 Å². The van der Waals surface area contributed by atoms with Gasteiger partial charge in [-0.15, -0.1) is 5.53 Å². The lowest BCUT2D eigenvalue weighted by molar-refractivity contribution is 0.498. The maximum atomic E-state index is 13.3. The smallest absolute Gasteiger partial charge is 0.226 e. The van der Waals surface area contributed by atoms with Gasteiger partial charge in [0.2, 0.25) is 9.84 Å². The van der Waals surface area contributed by atoms with Gasteiger partial charge in [0.25, 0.3) is 0 Å². The predicted molar refractivity (Wildman–Crippen MR) is 120 cm³/mol. The molecular formula is C23H21N5O2S. The first kappa shape index (κ1) is 19.3. The first-order chi connectivity index (χ1) is 15.1. The number of hydrogen-bond donors (Lipinski definition) is 2. The lowest BCUT2D eigenvalue weighted by Gasteiger charge is -2.31. The number of sulfone groups is 1. The van der Waals surface area contributed by atoms with E-state index in [0.29, 0.717) is 18.2 Å². The Kier molecular flexibility index (Phi) is 4.72. The van der Waals surface area contributed by atoms with Crippen molar-refractivity contribution >= 4 is 21.4 Å². The van der Waals surface area contributed by atoms with Gasteiger partial charge >= 0.3 is 0 Å². The fourth-order valence-electron chi connectivity index (χ4n) is 3.74. The highest BCUT2D eigenvalue weighted by atomic mass is 32.2. The molecule has 0 unspecified atom stereocenters. The minimum Gasteiger partial charge on any atom is -0.355 e. The number of nitrogens with zero attached hydrogens (tertiary/aromatic N) is 3. The molecule has 8 heteroatoms. The second kappa shape index (κ2) is 7.57. The molecular weight excluding hydrogens is 410 g/mol. The minimum atomic E-state index is -3.78. The van der Waals surface area contributed by atoms with E-state index in [-0.39, 0.29) is 9.92 Å². The highest BCUT2D eigenvalue weighted by Crippen LogP contribution is 2.35. The standard InChI is InChI=1S/C23H21N5O2S/c1-27(16-17-10-4-2-5-11-17)21-19-14-8-9-15-20(19)28-22(24-21)23(25-26-28)31(29,30)18-12-6-3-7-13-18/h2-15,25-26H,16H2,1H3. The highest BCUT2D eigenvalue weighted by Gasteiger charge is 2.37. The van der Waals surface area contributed by atoms with E-state index in [4.69, 9.17) is 4.99 Å². The van der Waals surface area contributed by atoms with Crippen LogP contribution in [0.15, 0.2) is 106 Å². The van der Waals surface area contributed by atoms with Crippen molar-refractivity contribution < 1.29 is 8.42 Å². The van der Waals surface area contributed by atoms with E-state index in [1.165, 1.54) is 0 Å². The number of benzene rings is 3. The number of aliphatic imine (C=N–C) groups is 1. The second-order valence-corrected chi connectivity index (χ2v) is 9.22. The Morgan fingerprint density at radius 2 is 1.55 bits per heavy atom. The van der Waals surface area contributed by atoms with Crippen LogP contribution in [0.25, 0.3) is 0 Å². The van der Waals surface area contributed by atoms with E-state index in [0.717, 1.165) is 16.8 Å². The topological polar surface area (TPSA) is 77.0 Å². The molecule has 0 fully saturated rings. The molecule has 0 aromatic heterocycles. The molecule has 2 N–H and O–H groups in total. The van der Waals surface area contributed by atoms with Crippen LogP contribution in [-0.4, -0.2) is 26.2 Å². The molecule has 0 bridgehead atoms. The Bertz CT molecular complexity index is 1290. The molecule has 156 valence electrons. The van der Waals surface area contributed by atoms with Gasteiger partial charge in [0.05, 0.1) is 10.6 Å². The molecule has 2 aliphatic rings. The molecule has 0 saturated carbocycles. The molecule has 0 amide bonds. The van der Waals surface area contributed by atoms with E-state index in [1.807, 2.05) is 54.4 Å². The Hall–Kier alpha value is -3.62. The predicted octanol–water partition coefficient (Wildman–Crippen LogP) is 3.01. The van der Waals surface area contributed by atoms with Crippen LogP contribution >= 0.6 is 0 Å². The molecule has 2 aliphatic heterocycles. The second-order valence-electron chi connectivity index (χ2n) is 7.34. The molecule has 5 rings (SSSR count). The van der Waals surface area contributed by atoms with Crippen LogP contribution in [0.5, 0.6) is 0 Å². The van der Waals surface area contributed by atoms with Crippen molar-refractivity contribution in [3.8, 4) is 0 Å². The van der Waals surface area contributed by atoms with Crippen molar-refractivity contribution in [2.75, 3.05) is 12.1 Å². The summed E-state index contributed by atoms with van der Waals surface area (Å²) in [5.41, 5.74) is 8.67. The summed E-state index contributed by atoms with van der Waals surface area (Å²) in [4.78, 5) is 7.04. The number of hydrazine groups is 2. The van der Waals surface area contributed by atoms with Crippen molar-refractivity contribution in [2.24, 2.45) is 4.99 Å². The van der Waals surface area contributed by atoms with Crippen LogP contribution in [0.1, 0.15) is 11.1 Å². The zero-order chi connectivity index (χ0) is 21.4. The summed E-state index contributed by atoms with van der Waals surface area (Å²) in [5, 5.41) is 1.70. The fraction of sp³-hybridized carbons (Fsp3) is 0.0870. The molecule has 2 heterocycles. The monoisotopic (exact) mass is 431 g/mol. The molecule has 31 heavy (non-hydrogen) atoms. The van der Waals surface area contributed by atoms with E-state index in [9.17, 15) is 8.42 Å². The van der Waals surface area contributed by atoms with Gasteiger partial charge in [0, 0.05) is 19.2 Å². The van der Waals surface area contributed by atoms with Crippen LogP contribution in [0.4, 0.5) is 5.69 Å². The van der Waals surface area contributed by atoms with Gasteiger partial charge in [-0.2, -0.15) is 0 Å². The average Bonchev–Trinajstić information content (AvgIpc) is 3.25. The SMILES string of the molecule is CN(Cc1ccccc1)C1=NC2=C(S(=O)(=O)c3ccccc3)NNN2c2ccccc21. The largest absolute Gasteiger partial charge is 0.355 e. The molecule has 0 aliphatic carbocycles. The lowest BCUT2D eigenvalue weighted by Crippen LogP contribution is -2.42. The quantitative estimate of drug-likeness (QED) is 0.661. The summed E-state index contributed by atoms with van der Waals surface area (Å²) in [5.74, 6) is 1.02. The Balaban J connectivity index is 1.63. The lowest BCUT2D eigenvalue weighted by atomic mass is 10.1. The van der Waals surface area contributed by atoms with Crippen molar-refractivity contribution in [1.29, 1.82) is 0 Å². The zero-order valence-electron chi connectivity index (χ0n) is 16.9. The van der Waals surface area contributed by atoms with Crippen LogP contribution in [0.2, 0.25) is 0 Å². The van der Waals surface area contributed by atoms with Gasteiger partial charge < -0.3 is 4.90 Å². The van der Waals surface area contributed by atoms with Crippen molar-refractivity contribution in [3.63, 3.8) is 0 Å². The average molecular weight is 432 g/mol. The van der Waals surface area contributed by atoms with E-state index < -0.39 is 9.84 Å². The first-order valence-corrected chi connectivity index (χ1v) is 11.3. The number of rotatable bonds is 4. The summed E-state index contributed by atoms with van der Waals surface area (Å²) < 4.78 is 26.6. The highest BCUT2D eigenvalue weighted by molar-refractivity contribution is 7.95. The van der Waals surface area contributed by atoms with Gasteiger partial charge in [-0.3, -0.25) is 5.43 Å². The summed E-state index contributed by atoms with van der Waals surface area (Å²) >= 11 is 0. The number of fused-ring (bicyclic) bond motifs is 3. The normalized spacial score (nSPS) is 15.1. The van der Waals surface area contributed by atoms with E-state index in [2.05, 4.69) is 23.1 Å². The number of anilines is 1. The van der Waals surface area contributed by atoms with Gasteiger partial charge in [0.1, 0.15) is 5.84 Å². The summed E-state index contributed by atoms with van der Waals surface area (Å²) in [6.07, 6.45) is 0. The third kappa shape index (κ3) is 3.35. The maximum absolute atomic E-state index is 13.3. The third-order valence-electron chi connectivity index (χ3n) is 5.24. The van der Waals surface area contributed by atoms with Crippen LogP contribution in [0.3, 0.4) is 0 Å². The maximum Gasteiger partial charge on any atom is 0.226 e. The van der Waals surface area contributed by atoms with Gasteiger partial charge in [-0.1, -0.05) is 60.7 Å². The van der Waals surface area contributed by atoms with Crippen molar-refractivity contribution in [1.82, 2.24) is 15.9 Å². The Morgan fingerprint density at radius 3 is 2.29 bits per heavy atom. The fourth-order valence-corrected chi connectivity index (χ4v) is 5.05. The Morgan fingerprint density at radius 1 is 0.903 bits per heavy atom. The van der Waals surface area contributed by atoms with Gasteiger partial charge in [0.15, 0.2) is 10.9 Å². The molecule has 0 spiro atoms. The number of hydrogen-bond acceptors (Lipinski definition) is 7. The summed E-state index contributed by atoms with van der Waals surface area (Å²) in [6, 6.07) is 26.2. The van der Waals surface area contributed by atoms with Crippen LogP contribution in [-0.2, 0) is 16.4 Å². The Labute approximate surface area is 181 Å². The number of amidine groups is 1. The third-order valence-corrected chi connectivity index (χ3v) is 6.96. The van der Waals surface area contributed by atoms with E-state index >= 15 is 0 Å². The van der Waals surface area contributed by atoms with Gasteiger partial charge in [-0.05, 0) is 29.8 Å². The van der Waals surface area contributed by atoms with E-state index in [1.54, 1.807) is 35.3 Å². The first-order valence-electron chi connectivity index (χ1n) is 9.85. The number of para-hydroxylation sites is 1. The summed E-state index contributed by atoms with van der Waals surface area (Å²) in [6.45, 7) is 0.642. The zero-order valence-corrected chi connectivity index (χ0v) is 17.7. The van der Waals surface area contributed by atoms with Crippen LogP contribution < -0.4 is 16.0 Å². The molecule has 3 aromatic carbocycles. The molecule has 0 saturated heterocycles. The minimum absolute atomic E-state index is 0.0267. The summed E-state index contributed by atoms with van der Waals surface area (Å²) in [7, 11) is -1.82. The molecule has 0 atom stereocenters. The van der Waals surface area contributed by atoms with Crippen molar-refractivity contribution in [2.45, 2.75) is 11.4 Å². The van der Waals surface area contributed by atoms with Crippen LogP contribution in [0, 0.1) is 0 Å².